The average Bonchev–Trinajstić information content (AvgIpc) is 2.79. The van der Waals surface area contributed by atoms with Crippen molar-refractivity contribution in [3.63, 3.8) is 0 Å². The summed E-state index contributed by atoms with van der Waals surface area (Å²) < 4.78 is 25.0. The highest BCUT2D eigenvalue weighted by Crippen LogP contribution is 2.22. The lowest BCUT2D eigenvalue weighted by molar-refractivity contribution is 0.0169. The summed E-state index contributed by atoms with van der Waals surface area (Å²) in [7, 11) is 1.75. The van der Waals surface area contributed by atoms with Gasteiger partial charge in [-0.1, -0.05) is 30.3 Å². The largest absolute Gasteiger partial charge is 0.494 e. The molecule has 1 fully saturated rings. The van der Waals surface area contributed by atoms with Crippen LogP contribution in [0.4, 0.5) is 4.39 Å². The Kier molecular flexibility index (Phi) is 11.6. The molecule has 2 N–H and O–H groups in total. The van der Waals surface area contributed by atoms with Gasteiger partial charge in [-0.15, -0.1) is 24.0 Å². The van der Waals surface area contributed by atoms with E-state index in [9.17, 15) is 4.39 Å². The van der Waals surface area contributed by atoms with Crippen LogP contribution >= 0.6 is 24.0 Å². The standard InChI is InChI=1S/C23H31FN4O2.HI/c1-25-23(26-11-6-14-30-21-9-3-2-4-10-21)27-18-22(28-12-15-29-16-13-28)19-7-5-8-20(24)17-19;/h2-5,7-10,17,22H,6,11-16,18H2,1H3,(H2,25,26,27);1H. The van der Waals surface area contributed by atoms with Crippen molar-refractivity contribution in [3.05, 3.63) is 66.0 Å². The maximum absolute atomic E-state index is 13.8. The van der Waals surface area contributed by atoms with Crippen molar-refractivity contribution in [3.8, 4) is 5.75 Å². The molecular formula is C23H32FIN4O2. The van der Waals surface area contributed by atoms with Crippen molar-refractivity contribution in [1.82, 2.24) is 15.5 Å². The molecule has 0 radical (unpaired) electrons. The first-order valence-electron chi connectivity index (χ1n) is 10.5. The van der Waals surface area contributed by atoms with Gasteiger partial charge in [-0.2, -0.15) is 0 Å². The highest BCUT2D eigenvalue weighted by molar-refractivity contribution is 14.0. The van der Waals surface area contributed by atoms with E-state index in [4.69, 9.17) is 9.47 Å². The maximum atomic E-state index is 13.8. The van der Waals surface area contributed by atoms with Crippen molar-refractivity contribution in [1.29, 1.82) is 0 Å². The fraction of sp³-hybridized carbons (Fsp3) is 0.435. The molecule has 31 heavy (non-hydrogen) atoms. The second-order valence-electron chi connectivity index (χ2n) is 7.11. The van der Waals surface area contributed by atoms with E-state index in [1.54, 1.807) is 19.2 Å². The molecule has 6 nitrogen and oxygen atoms in total. The van der Waals surface area contributed by atoms with E-state index in [1.807, 2.05) is 36.4 Å². The second kappa shape index (κ2) is 14.2. The van der Waals surface area contributed by atoms with E-state index in [1.165, 1.54) is 6.07 Å². The number of nitrogens with zero attached hydrogens (tertiary/aromatic N) is 2. The van der Waals surface area contributed by atoms with Crippen LogP contribution in [-0.2, 0) is 4.74 Å². The average molecular weight is 542 g/mol. The minimum atomic E-state index is -0.216. The molecule has 0 saturated carbocycles. The summed E-state index contributed by atoms with van der Waals surface area (Å²) in [5, 5.41) is 6.70. The van der Waals surface area contributed by atoms with Crippen LogP contribution in [0.2, 0.25) is 0 Å². The summed E-state index contributed by atoms with van der Waals surface area (Å²) in [5.41, 5.74) is 0.955. The maximum Gasteiger partial charge on any atom is 0.191 e. The molecule has 2 aromatic rings. The zero-order chi connectivity index (χ0) is 21.0. The molecule has 1 saturated heterocycles. The molecule has 0 aromatic heterocycles. The third-order valence-electron chi connectivity index (χ3n) is 5.03. The smallest absolute Gasteiger partial charge is 0.191 e. The van der Waals surface area contributed by atoms with E-state index in [2.05, 4.69) is 20.5 Å². The van der Waals surface area contributed by atoms with E-state index in [0.717, 1.165) is 43.3 Å². The molecule has 0 aliphatic carbocycles. The molecule has 1 aliphatic heterocycles. The molecule has 8 heteroatoms. The molecule has 3 rings (SSSR count). The topological polar surface area (TPSA) is 58.1 Å². The molecule has 1 heterocycles. The fourth-order valence-electron chi connectivity index (χ4n) is 3.46. The summed E-state index contributed by atoms with van der Waals surface area (Å²) in [6.07, 6.45) is 0.854. The normalized spacial score (nSPS) is 15.6. The number of ether oxygens (including phenoxy) is 2. The van der Waals surface area contributed by atoms with E-state index < -0.39 is 0 Å². The van der Waals surface area contributed by atoms with Crippen molar-refractivity contribution in [2.24, 2.45) is 4.99 Å². The highest BCUT2D eigenvalue weighted by atomic mass is 127. The zero-order valence-corrected chi connectivity index (χ0v) is 20.3. The van der Waals surface area contributed by atoms with Gasteiger partial charge in [0.15, 0.2) is 5.96 Å². The van der Waals surface area contributed by atoms with E-state index >= 15 is 0 Å². The summed E-state index contributed by atoms with van der Waals surface area (Å²) in [4.78, 5) is 6.63. The number of hydrogen-bond acceptors (Lipinski definition) is 4. The van der Waals surface area contributed by atoms with Gasteiger partial charge in [-0.3, -0.25) is 9.89 Å². The van der Waals surface area contributed by atoms with Crippen LogP contribution in [0, 0.1) is 5.82 Å². The van der Waals surface area contributed by atoms with Crippen LogP contribution in [0.1, 0.15) is 18.0 Å². The van der Waals surface area contributed by atoms with Crippen molar-refractivity contribution >= 4 is 29.9 Å². The minimum Gasteiger partial charge on any atom is -0.494 e. The lowest BCUT2D eigenvalue weighted by Crippen LogP contribution is -2.46. The minimum absolute atomic E-state index is 0. The van der Waals surface area contributed by atoms with Gasteiger partial charge < -0.3 is 20.1 Å². The van der Waals surface area contributed by atoms with Gasteiger partial charge >= 0.3 is 0 Å². The van der Waals surface area contributed by atoms with E-state index in [0.29, 0.717) is 26.4 Å². The number of aliphatic imine (C=N–C) groups is 1. The quantitative estimate of drug-likeness (QED) is 0.220. The number of morpholine rings is 1. The van der Waals surface area contributed by atoms with Gasteiger partial charge in [-0.05, 0) is 36.2 Å². The second-order valence-corrected chi connectivity index (χ2v) is 7.11. The van der Waals surface area contributed by atoms with Crippen molar-refractivity contribution < 1.29 is 13.9 Å². The van der Waals surface area contributed by atoms with Gasteiger partial charge in [0, 0.05) is 33.2 Å². The number of benzene rings is 2. The van der Waals surface area contributed by atoms with E-state index in [-0.39, 0.29) is 35.8 Å². The highest BCUT2D eigenvalue weighted by Gasteiger charge is 2.23. The molecule has 0 spiro atoms. The van der Waals surface area contributed by atoms with Crippen LogP contribution in [0.5, 0.6) is 5.75 Å². The molecule has 170 valence electrons. The molecule has 1 aliphatic rings. The Labute approximate surface area is 201 Å². The molecule has 2 aromatic carbocycles. The number of para-hydroxylation sites is 1. The Morgan fingerprint density at radius 2 is 1.90 bits per heavy atom. The molecule has 1 atom stereocenters. The van der Waals surface area contributed by atoms with Crippen LogP contribution in [0.25, 0.3) is 0 Å². The predicted octanol–water partition coefficient (Wildman–Crippen LogP) is 3.45. The third kappa shape index (κ3) is 8.62. The van der Waals surface area contributed by atoms with Gasteiger partial charge in [0.25, 0.3) is 0 Å². The molecular weight excluding hydrogens is 510 g/mol. The first kappa shape index (κ1) is 25.4. The molecule has 1 unspecified atom stereocenters. The Bertz CT molecular complexity index is 788. The van der Waals surface area contributed by atoms with Crippen LogP contribution in [0.3, 0.4) is 0 Å². The Morgan fingerprint density at radius 3 is 2.61 bits per heavy atom. The number of guanidine groups is 1. The number of rotatable bonds is 9. The van der Waals surface area contributed by atoms with Gasteiger partial charge in [0.05, 0.1) is 25.9 Å². The van der Waals surface area contributed by atoms with Gasteiger partial charge in [0.1, 0.15) is 11.6 Å². The van der Waals surface area contributed by atoms with Crippen LogP contribution < -0.4 is 15.4 Å². The number of nitrogens with one attached hydrogen (secondary N) is 2. The molecule has 0 amide bonds. The number of hydrogen-bond donors (Lipinski definition) is 2. The summed E-state index contributed by atoms with van der Waals surface area (Å²) in [6.45, 7) is 5.05. The van der Waals surface area contributed by atoms with Gasteiger partial charge in [0.2, 0.25) is 0 Å². The molecule has 0 bridgehead atoms. The monoisotopic (exact) mass is 542 g/mol. The Morgan fingerprint density at radius 1 is 1.13 bits per heavy atom. The summed E-state index contributed by atoms with van der Waals surface area (Å²) in [6, 6.07) is 16.7. The van der Waals surface area contributed by atoms with Gasteiger partial charge in [-0.25, -0.2) is 4.39 Å². The van der Waals surface area contributed by atoms with Crippen LogP contribution in [0.15, 0.2) is 59.6 Å². The Balaban J connectivity index is 0.00000341. The third-order valence-corrected chi connectivity index (χ3v) is 5.03. The van der Waals surface area contributed by atoms with Crippen LogP contribution in [-0.4, -0.2) is 63.9 Å². The first-order valence-corrected chi connectivity index (χ1v) is 10.5. The number of halogens is 2. The lowest BCUT2D eigenvalue weighted by Gasteiger charge is -2.35. The zero-order valence-electron chi connectivity index (χ0n) is 17.9. The summed E-state index contributed by atoms with van der Waals surface area (Å²) in [5.74, 6) is 1.39. The van der Waals surface area contributed by atoms with Crippen molar-refractivity contribution in [2.75, 3.05) is 53.0 Å². The predicted molar refractivity (Wildman–Crippen MR) is 133 cm³/mol. The fourth-order valence-corrected chi connectivity index (χ4v) is 3.46. The first-order chi connectivity index (χ1) is 14.8. The summed E-state index contributed by atoms with van der Waals surface area (Å²) >= 11 is 0. The lowest BCUT2D eigenvalue weighted by atomic mass is 10.0. The SMILES string of the molecule is CN=C(NCCCOc1ccccc1)NCC(c1cccc(F)c1)N1CCOCC1.I. The van der Waals surface area contributed by atoms with Crippen molar-refractivity contribution in [2.45, 2.75) is 12.5 Å². The Hall–Kier alpha value is -1.91.